The van der Waals surface area contributed by atoms with Crippen LogP contribution in [0.15, 0.2) is 0 Å². The van der Waals surface area contributed by atoms with E-state index < -0.39 is 0 Å². The van der Waals surface area contributed by atoms with E-state index in [0.717, 1.165) is 0 Å². The molecule has 0 radical (unpaired) electrons. The van der Waals surface area contributed by atoms with E-state index in [2.05, 4.69) is 20.8 Å². The second-order valence-corrected chi connectivity index (χ2v) is 4.86. The van der Waals surface area contributed by atoms with Crippen molar-refractivity contribution in [3.8, 4) is 0 Å². The van der Waals surface area contributed by atoms with Crippen molar-refractivity contribution in [1.29, 1.82) is 0 Å². The molecule has 0 aromatic carbocycles. The van der Waals surface area contributed by atoms with Crippen LogP contribution < -0.4 is 0 Å². The average molecular weight is 225 g/mol. The zero-order chi connectivity index (χ0) is 5.70. The quantitative estimate of drug-likeness (QED) is 0.511. The second kappa shape index (κ2) is 8.09. The third kappa shape index (κ3) is 5.23. The summed E-state index contributed by atoms with van der Waals surface area (Å²) >= 11 is 0. The van der Waals surface area contributed by atoms with Gasteiger partial charge < -0.3 is 0 Å². The molecule has 0 saturated carbocycles. The largest absolute Gasteiger partial charge is 0.108 e. The molecule has 0 aromatic rings. The van der Waals surface area contributed by atoms with E-state index >= 15 is 0 Å². The minimum atomic E-state index is 0. The van der Waals surface area contributed by atoms with Crippen LogP contribution in [0.2, 0.25) is 0 Å². The molecular weight excluding hydrogens is 209 g/mol. The fourth-order valence-corrected chi connectivity index (χ4v) is 2.01. The zero-order valence-electron chi connectivity index (χ0n) is 5.88. The van der Waals surface area contributed by atoms with Crippen molar-refractivity contribution in [2.24, 2.45) is 0 Å². The Morgan fingerprint density at radius 1 is 0.875 bits per heavy atom. The van der Waals surface area contributed by atoms with E-state index in [0.29, 0.717) is 7.92 Å². The van der Waals surface area contributed by atoms with Crippen LogP contribution in [0.5, 0.6) is 0 Å². The molecule has 0 fully saturated rings. The Morgan fingerprint density at radius 3 is 1.12 bits per heavy atom. The van der Waals surface area contributed by atoms with Crippen LogP contribution in [0.3, 0.4) is 0 Å². The van der Waals surface area contributed by atoms with Gasteiger partial charge in [0.05, 0.1) is 0 Å². The summed E-state index contributed by atoms with van der Waals surface area (Å²) < 4.78 is 0. The standard InChI is InChI=1S/C6H15P.Pd/c1-4-7(5-2)6-3;/h4-6H2,1-3H3;. The van der Waals surface area contributed by atoms with Crippen molar-refractivity contribution in [3.63, 3.8) is 0 Å². The summed E-state index contributed by atoms with van der Waals surface area (Å²) in [7, 11) is 0.446. The molecule has 0 aromatic heterocycles. The number of rotatable bonds is 3. The summed E-state index contributed by atoms with van der Waals surface area (Å²) in [4.78, 5) is 0. The van der Waals surface area contributed by atoms with Gasteiger partial charge in [-0.15, -0.1) is 7.92 Å². The van der Waals surface area contributed by atoms with Crippen LogP contribution >= 0.6 is 7.92 Å². The molecular formula is C6H15PPd. The van der Waals surface area contributed by atoms with E-state index in [1.165, 1.54) is 18.5 Å². The van der Waals surface area contributed by atoms with Gasteiger partial charge in [-0.25, -0.2) is 0 Å². The first-order chi connectivity index (χ1) is 3.35. The Bertz CT molecular complexity index is 30.0. The van der Waals surface area contributed by atoms with Gasteiger partial charge in [-0.05, 0) is 18.5 Å². The monoisotopic (exact) mass is 224 g/mol. The van der Waals surface area contributed by atoms with Crippen LogP contribution in [0, 0.1) is 0 Å². The third-order valence-electron chi connectivity index (χ3n) is 1.34. The summed E-state index contributed by atoms with van der Waals surface area (Å²) in [6.07, 6.45) is 4.26. The van der Waals surface area contributed by atoms with E-state index in [1.54, 1.807) is 0 Å². The summed E-state index contributed by atoms with van der Waals surface area (Å²) in [5, 5.41) is 0. The first-order valence-electron chi connectivity index (χ1n) is 3.07. The minimum Gasteiger partial charge on any atom is -0.108 e. The van der Waals surface area contributed by atoms with Crippen LogP contribution in [0.25, 0.3) is 0 Å². The summed E-state index contributed by atoms with van der Waals surface area (Å²) in [5.41, 5.74) is 0. The van der Waals surface area contributed by atoms with Crippen molar-refractivity contribution in [1.82, 2.24) is 0 Å². The fraction of sp³-hybridized carbons (Fsp3) is 1.00. The van der Waals surface area contributed by atoms with Gasteiger partial charge in [0.25, 0.3) is 0 Å². The van der Waals surface area contributed by atoms with E-state index in [-0.39, 0.29) is 20.4 Å². The van der Waals surface area contributed by atoms with Crippen molar-refractivity contribution in [2.75, 3.05) is 18.5 Å². The van der Waals surface area contributed by atoms with Gasteiger partial charge in [0, 0.05) is 20.4 Å². The molecule has 8 heavy (non-hydrogen) atoms. The molecule has 0 amide bonds. The molecule has 54 valence electrons. The molecule has 0 saturated heterocycles. The molecule has 0 aliphatic heterocycles. The zero-order valence-corrected chi connectivity index (χ0v) is 8.33. The van der Waals surface area contributed by atoms with Crippen LogP contribution in [0.4, 0.5) is 0 Å². The van der Waals surface area contributed by atoms with E-state index in [9.17, 15) is 0 Å². The smallest absolute Gasteiger partial charge is 0 e. The maximum atomic E-state index is 2.29. The average Bonchev–Trinajstić information content (AvgIpc) is 1.72. The minimum absolute atomic E-state index is 0. The maximum Gasteiger partial charge on any atom is 0 e. The van der Waals surface area contributed by atoms with Gasteiger partial charge in [0.15, 0.2) is 0 Å². The van der Waals surface area contributed by atoms with Crippen molar-refractivity contribution < 1.29 is 20.4 Å². The maximum absolute atomic E-state index is 2.29. The molecule has 0 rings (SSSR count). The number of hydrogen-bond acceptors (Lipinski definition) is 0. The predicted molar refractivity (Wildman–Crippen MR) is 38.5 cm³/mol. The first-order valence-corrected chi connectivity index (χ1v) is 4.97. The van der Waals surface area contributed by atoms with Gasteiger partial charge in [0.2, 0.25) is 0 Å². The van der Waals surface area contributed by atoms with Gasteiger partial charge in [-0.3, -0.25) is 0 Å². The molecule has 0 nitrogen and oxygen atoms in total. The molecule has 0 spiro atoms. The second-order valence-electron chi connectivity index (χ2n) is 1.62. The summed E-state index contributed by atoms with van der Waals surface area (Å²) in [6.45, 7) is 6.87. The predicted octanol–water partition coefficient (Wildman–Crippen LogP) is 2.53. The van der Waals surface area contributed by atoms with Gasteiger partial charge >= 0.3 is 0 Å². The Hall–Kier alpha value is 1.09. The SMILES string of the molecule is CCP(CC)CC.[Pd]. The normalized spacial score (nSPS) is 9.00. The Labute approximate surface area is 67.8 Å². The topological polar surface area (TPSA) is 0 Å². The van der Waals surface area contributed by atoms with Crippen LogP contribution in [0.1, 0.15) is 20.8 Å². The fourth-order valence-electron chi connectivity index (χ4n) is 0.671. The van der Waals surface area contributed by atoms with Crippen molar-refractivity contribution in [3.05, 3.63) is 0 Å². The Morgan fingerprint density at radius 2 is 1.12 bits per heavy atom. The van der Waals surface area contributed by atoms with Gasteiger partial charge in [-0.2, -0.15) is 0 Å². The van der Waals surface area contributed by atoms with Crippen molar-refractivity contribution in [2.45, 2.75) is 20.8 Å². The first kappa shape index (κ1) is 11.8. The van der Waals surface area contributed by atoms with E-state index in [1.807, 2.05) is 0 Å². The number of hydrogen-bond donors (Lipinski definition) is 0. The molecule has 0 unspecified atom stereocenters. The molecule has 0 atom stereocenters. The molecule has 0 bridgehead atoms. The van der Waals surface area contributed by atoms with Crippen molar-refractivity contribution >= 4 is 7.92 Å². The molecule has 0 N–H and O–H groups in total. The molecule has 2 heteroatoms. The summed E-state index contributed by atoms with van der Waals surface area (Å²) in [6, 6.07) is 0. The third-order valence-corrected chi connectivity index (χ3v) is 4.02. The summed E-state index contributed by atoms with van der Waals surface area (Å²) in [5.74, 6) is 0. The molecule has 0 heterocycles. The van der Waals surface area contributed by atoms with Crippen LogP contribution in [-0.2, 0) is 20.4 Å². The van der Waals surface area contributed by atoms with Gasteiger partial charge in [0.1, 0.15) is 0 Å². The van der Waals surface area contributed by atoms with E-state index in [4.69, 9.17) is 0 Å². The molecule has 0 aliphatic carbocycles. The molecule has 0 aliphatic rings. The van der Waals surface area contributed by atoms with Gasteiger partial charge in [-0.1, -0.05) is 20.8 Å². The Kier molecular flexibility index (Phi) is 12.0. The van der Waals surface area contributed by atoms with Crippen LogP contribution in [-0.4, -0.2) is 18.5 Å². The Balaban J connectivity index is 0.